The molecule has 1 aliphatic heterocycles. The van der Waals surface area contributed by atoms with Gasteiger partial charge in [0.2, 0.25) is 0 Å². The van der Waals surface area contributed by atoms with Crippen LogP contribution in [0, 0.1) is 0 Å². The molecule has 1 aliphatic rings. The third-order valence-electron chi connectivity index (χ3n) is 3.72. The lowest BCUT2D eigenvalue weighted by molar-refractivity contribution is -0.143. The highest BCUT2D eigenvalue weighted by molar-refractivity contribution is 14.0. The Labute approximate surface area is 178 Å². The largest absolute Gasteiger partial charge is 0.401 e. The number of halogens is 5. The van der Waals surface area contributed by atoms with Crippen molar-refractivity contribution in [2.75, 3.05) is 39.0 Å². The van der Waals surface area contributed by atoms with Crippen molar-refractivity contribution in [2.45, 2.75) is 23.5 Å². The van der Waals surface area contributed by atoms with Gasteiger partial charge in [-0.3, -0.25) is 9.89 Å². The van der Waals surface area contributed by atoms with E-state index < -0.39 is 12.7 Å². The maximum Gasteiger partial charge on any atom is 0.401 e. The molecule has 1 atom stereocenters. The van der Waals surface area contributed by atoms with E-state index in [0.29, 0.717) is 37.0 Å². The SMILES string of the molecule is CN=C(NCCSc1ccc(Cl)cc1)NC1CCN(CC(F)(F)F)C1.I. The Balaban J connectivity index is 0.00000338. The summed E-state index contributed by atoms with van der Waals surface area (Å²) >= 11 is 7.54. The van der Waals surface area contributed by atoms with E-state index in [1.165, 1.54) is 4.90 Å². The fraction of sp³-hybridized carbons (Fsp3) is 0.562. The normalized spacial score (nSPS) is 18.5. The van der Waals surface area contributed by atoms with Crippen molar-refractivity contribution in [1.82, 2.24) is 15.5 Å². The van der Waals surface area contributed by atoms with Crippen LogP contribution in [0.5, 0.6) is 0 Å². The van der Waals surface area contributed by atoms with Crippen LogP contribution in [0.4, 0.5) is 13.2 Å². The van der Waals surface area contributed by atoms with E-state index in [-0.39, 0.29) is 30.0 Å². The molecule has 0 aromatic heterocycles. The molecule has 1 aromatic carbocycles. The van der Waals surface area contributed by atoms with Crippen molar-refractivity contribution in [3.05, 3.63) is 29.3 Å². The lowest BCUT2D eigenvalue weighted by Gasteiger charge is -2.19. The summed E-state index contributed by atoms with van der Waals surface area (Å²) in [6.45, 7) is 0.668. The van der Waals surface area contributed by atoms with Gasteiger partial charge < -0.3 is 10.6 Å². The second-order valence-electron chi connectivity index (χ2n) is 5.78. The highest BCUT2D eigenvalue weighted by Crippen LogP contribution is 2.20. The van der Waals surface area contributed by atoms with Gasteiger partial charge in [0.1, 0.15) is 0 Å². The molecule has 2 N–H and O–H groups in total. The summed E-state index contributed by atoms with van der Waals surface area (Å²) in [5, 5.41) is 7.09. The molecule has 148 valence electrons. The number of hydrogen-bond acceptors (Lipinski definition) is 3. The minimum atomic E-state index is -4.15. The number of nitrogens with zero attached hydrogens (tertiary/aromatic N) is 2. The molecule has 1 heterocycles. The van der Waals surface area contributed by atoms with Gasteiger partial charge in [-0.15, -0.1) is 35.7 Å². The number of alkyl halides is 3. The van der Waals surface area contributed by atoms with Crippen molar-refractivity contribution < 1.29 is 13.2 Å². The van der Waals surface area contributed by atoms with Crippen molar-refractivity contribution >= 4 is 53.3 Å². The number of rotatable bonds is 6. The summed E-state index contributed by atoms with van der Waals surface area (Å²) in [6, 6.07) is 7.62. The van der Waals surface area contributed by atoms with Gasteiger partial charge in [-0.25, -0.2) is 0 Å². The second kappa shape index (κ2) is 11.5. The van der Waals surface area contributed by atoms with Crippen LogP contribution in [-0.2, 0) is 0 Å². The molecule has 4 nitrogen and oxygen atoms in total. The molecule has 2 rings (SSSR count). The van der Waals surface area contributed by atoms with Crippen molar-refractivity contribution in [2.24, 2.45) is 4.99 Å². The smallest absolute Gasteiger partial charge is 0.356 e. The van der Waals surface area contributed by atoms with Crippen molar-refractivity contribution in [3.8, 4) is 0 Å². The molecule has 0 saturated carbocycles. The average Bonchev–Trinajstić information content (AvgIpc) is 2.97. The Morgan fingerprint density at radius 3 is 2.65 bits per heavy atom. The summed E-state index contributed by atoms with van der Waals surface area (Å²) < 4.78 is 37.3. The molecule has 10 heteroatoms. The molecular formula is C16H23ClF3IN4S. The first-order valence-corrected chi connectivity index (χ1v) is 9.37. The van der Waals surface area contributed by atoms with Crippen LogP contribution in [0.25, 0.3) is 0 Å². The zero-order valence-electron chi connectivity index (χ0n) is 14.4. The Morgan fingerprint density at radius 1 is 1.35 bits per heavy atom. The van der Waals surface area contributed by atoms with E-state index in [4.69, 9.17) is 11.6 Å². The quantitative estimate of drug-likeness (QED) is 0.196. The first-order chi connectivity index (χ1) is 11.9. The van der Waals surface area contributed by atoms with E-state index >= 15 is 0 Å². The molecule has 1 saturated heterocycles. The minimum absolute atomic E-state index is 0. The number of guanidine groups is 1. The Kier molecular flexibility index (Phi) is 10.4. The fourth-order valence-electron chi connectivity index (χ4n) is 2.60. The van der Waals surface area contributed by atoms with E-state index in [2.05, 4.69) is 15.6 Å². The van der Waals surface area contributed by atoms with Crippen LogP contribution in [0.3, 0.4) is 0 Å². The maximum atomic E-state index is 12.4. The summed E-state index contributed by atoms with van der Waals surface area (Å²) in [5.74, 6) is 1.46. The molecule has 0 amide bonds. The van der Waals surface area contributed by atoms with Gasteiger partial charge in [0, 0.05) is 48.4 Å². The van der Waals surface area contributed by atoms with Crippen LogP contribution in [0.2, 0.25) is 5.02 Å². The van der Waals surface area contributed by atoms with Gasteiger partial charge in [0.15, 0.2) is 5.96 Å². The molecule has 1 unspecified atom stereocenters. The van der Waals surface area contributed by atoms with Crippen LogP contribution in [0.15, 0.2) is 34.2 Å². The topological polar surface area (TPSA) is 39.7 Å². The van der Waals surface area contributed by atoms with E-state index in [1.807, 2.05) is 24.3 Å². The molecule has 1 aromatic rings. The average molecular weight is 523 g/mol. The van der Waals surface area contributed by atoms with Gasteiger partial charge >= 0.3 is 6.18 Å². The fourth-order valence-corrected chi connectivity index (χ4v) is 3.50. The summed E-state index contributed by atoms with van der Waals surface area (Å²) in [5.41, 5.74) is 0. The standard InChI is InChI=1S/C16H22ClF3N4S.HI/c1-21-15(22-7-9-25-14-4-2-12(17)3-5-14)23-13-6-8-24(10-13)11-16(18,19)20;/h2-5,13H,6-11H2,1H3,(H2,21,22,23);1H. The number of nitrogens with one attached hydrogen (secondary N) is 2. The molecule has 0 aliphatic carbocycles. The molecule has 26 heavy (non-hydrogen) atoms. The van der Waals surface area contributed by atoms with Crippen molar-refractivity contribution in [1.29, 1.82) is 0 Å². The molecule has 0 radical (unpaired) electrons. The lowest BCUT2D eigenvalue weighted by Crippen LogP contribution is -2.45. The Morgan fingerprint density at radius 2 is 2.04 bits per heavy atom. The van der Waals surface area contributed by atoms with Gasteiger partial charge in [0.25, 0.3) is 0 Å². The zero-order chi connectivity index (χ0) is 18.3. The predicted octanol–water partition coefficient (Wildman–Crippen LogP) is 3.85. The number of aliphatic imine (C=N–C) groups is 1. The summed E-state index contributed by atoms with van der Waals surface area (Å²) in [4.78, 5) is 6.68. The molecule has 1 fully saturated rings. The minimum Gasteiger partial charge on any atom is -0.356 e. The highest BCUT2D eigenvalue weighted by atomic mass is 127. The highest BCUT2D eigenvalue weighted by Gasteiger charge is 2.34. The van der Waals surface area contributed by atoms with E-state index in [9.17, 15) is 13.2 Å². The Hall–Kier alpha value is -0.390. The van der Waals surface area contributed by atoms with Crippen LogP contribution < -0.4 is 10.6 Å². The second-order valence-corrected chi connectivity index (χ2v) is 7.39. The molecule has 0 spiro atoms. The number of benzene rings is 1. The Bertz CT molecular complexity index is 572. The first-order valence-electron chi connectivity index (χ1n) is 8.00. The lowest BCUT2D eigenvalue weighted by atomic mass is 10.3. The number of thioether (sulfide) groups is 1. The van der Waals surface area contributed by atoms with E-state index in [0.717, 1.165) is 10.6 Å². The first kappa shape index (κ1) is 23.6. The number of hydrogen-bond donors (Lipinski definition) is 2. The van der Waals surface area contributed by atoms with Gasteiger partial charge in [-0.2, -0.15) is 13.2 Å². The molecule has 0 bridgehead atoms. The van der Waals surface area contributed by atoms with Crippen LogP contribution >= 0.6 is 47.3 Å². The van der Waals surface area contributed by atoms with E-state index in [1.54, 1.807) is 18.8 Å². The predicted molar refractivity (Wildman–Crippen MR) is 113 cm³/mol. The van der Waals surface area contributed by atoms with Crippen molar-refractivity contribution in [3.63, 3.8) is 0 Å². The zero-order valence-corrected chi connectivity index (χ0v) is 18.3. The third-order valence-corrected chi connectivity index (χ3v) is 4.98. The maximum absolute atomic E-state index is 12.4. The third kappa shape index (κ3) is 9.01. The van der Waals surface area contributed by atoms with Gasteiger partial charge in [-0.05, 0) is 30.7 Å². The summed E-state index contributed by atoms with van der Waals surface area (Å²) in [7, 11) is 1.66. The number of likely N-dealkylation sites (tertiary alicyclic amines) is 1. The monoisotopic (exact) mass is 522 g/mol. The van der Waals surface area contributed by atoms with Gasteiger partial charge in [-0.1, -0.05) is 11.6 Å². The summed E-state index contributed by atoms with van der Waals surface area (Å²) in [6.07, 6.45) is -3.47. The molecular weight excluding hydrogens is 500 g/mol. The van der Waals surface area contributed by atoms with Gasteiger partial charge in [0.05, 0.1) is 6.54 Å². The van der Waals surface area contributed by atoms with Crippen LogP contribution in [-0.4, -0.2) is 62.1 Å². The van der Waals surface area contributed by atoms with Crippen LogP contribution in [0.1, 0.15) is 6.42 Å².